The third kappa shape index (κ3) is 5.02. The number of hydrogen-bond acceptors (Lipinski definition) is 5. The van der Waals surface area contributed by atoms with E-state index in [-0.39, 0.29) is 5.57 Å². The fourth-order valence-corrected chi connectivity index (χ4v) is 2.74. The molecule has 0 atom stereocenters. The molecule has 7 nitrogen and oxygen atoms in total. The van der Waals surface area contributed by atoms with Crippen LogP contribution in [0.4, 0.5) is 11.4 Å². The largest absolute Gasteiger partial charge is 0.495 e. The summed E-state index contributed by atoms with van der Waals surface area (Å²) in [5.74, 6) is -0.208. The molecule has 0 aliphatic heterocycles. The molecule has 0 saturated carbocycles. The van der Waals surface area contributed by atoms with Crippen molar-refractivity contribution in [1.82, 2.24) is 4.98 Å². The molecule has 0 aliphatic carbocycles. The first-order valence-electron chi connectivity index (χ1n) is 9.13. The van der Waals surface area contributed by atoms with Crippen molar-refractivity contribution in [3.63, 3.8) is 0 Å². The molecular formula is C23H21N3O4. The monoisotopic (exact) mass is 403 g/mol. The van der Waals surface area contributed by atoms with Gasteiger partial charge in [0.2, 0.25) is 0 Å². The number of methoxy groups -OCH3 is 2. The van der Waals surface area contributed by atoms with E-state index in [0.29, 0.717) is 28.4 Å². The number of hydrogen-bond donors (Lipinski definition) is 2. The third-order valence-corrected chi connectivity index (χ3v) is 4.20. The minimum absolute atomic E-state index is 0.0974. The second-order valence-corrected chi connectivity index (χ2v) is 6.15. The lowest BCUT2D eigenvalue weighted by molar-refractivity contribution is -0.118. The normalized spacial score (nSPS) is 9.93. The number of carbonyl (C=O) groups excluding carboxylic acids is 2. The van der Waals surface area contributed by atoms with Gasteiger partial charge in [-0.15, -0.1) is 0 Å². The number of nitrogens with zero attached hydrogens (tertiary/aromatic N) is 1. The number of carbonyl (C=O) groups is 2. The van der Waals surface area contributed by atoms with Gasteiger partial charge in [-0.05, 0) is 42.0 Å². The highest BCUT2D eigenvalue weighted by Gasteiger charge is 2.21. The Morgan fingerprint density at radius 2 is 1.33 bits per heavy atom. The SMILES string of the molecule is COc1ccccc1NC(=O)C(=Cc1cccnc1)C(=O)Nc1ccccc1OC. The molecule has 3 rings (SSSR count). The Morgan fingerprint density at radius 1 is 0.800 bits per heavy atom. The second kappa shape index (κ2) is 9.88. The van der Waals surface area contributed by atoms with Crippen LogP contribution < -0.4 is 20.1 Å². The van der Waals surface area contributed by atoms with Crippen LogP contribution in [0.25, 0.3) is 6.08 Å². The lowest BCUT2D eigenvalue weighted by Gasteiger charge is -2.14. The average Bonchev–Trinajstić information content (AvgIpc) is 2.78. The summed E-state index contributed by atoms with van der Waals surface area (Å²) in [6.45, 7) is 0. The van der Waals surface area contributed by atoms with Crippen LogP contribution in [-0.2, 0) is 9.59 Å². The molecule has 0 aliphatic rings. The molecule has 1 heterocycles. The predicted molar refractivity (Wildman–Crippen MR) is 115 cm³/mol. The Hall–Kier alpha value is -4.13. The van der Waals surface area contributed by atoms with E-state index in [1.807, 2.05) is 0 Å². The highest BCUT2D eigenvalue weighted by atomic mass is 16.5. The van der Waals surface area contributed by atoms with Crippen LogP contribution in [0.2, 0.25) is 0 Å². The summed E-state index contributed by atoms with van der Waals surface area (Å²) in [5.41, 5.74) is 1.41. The van der Waals surface area contributed by atoms with Crippen molar-refractivity contribution in [1.29, 1.82) is 0 Å². The molecule has 2 aromatic carbocycles. The zero-order chi connectivity index (χ0) is 21.3. The standard InChI is InChI=1S/C23H21N3O4/c1-29-20-11-5-3-9-18(20)25-22(27)17(14-16-8-7-13-24-15-16)23(28)26-19-10-4-6-12-21(19)30-2/h3-15H,1-2H3,(H,25,27)(H,26,28). The van der Waals surface area contributed by atoms with E-state index in [2.05, 4.69) is 15.6 Å². The summed E-state index contributed by atoms with van der Waals surface area (Å²) in [6, 6.07) is 17.4. The van der Waals surface area contributed by atoms with E-state index in [1.165, 1.54) is 20.3 Å². The molecule has 3 aromatic rings. The van der Waals surface area contributed by atoms with Gasteiger partial charge >= 0.3 is 0 Å². The van der Waals surface area contributed by atoms with Crippen LogP contribution in [0.15, 0.2) is 78.6 Å². The van der Waals surface area contributed by atoms with Crippen molar-refractivity contribution in [3.8, 4) is 11.5 Å². The van der Waals surface area contributed by atoms with Crippen molar-refractivity contribution in [3.05, 3.63) is 84.2 Å². The Labute approximate surface area is 174 Å². The van der Waals surface area contributed by atoms with Gasteiger partial charge in [0.1, 0.15) is 17.1 Å². The Bertz CT molecular complexity index is 1000. The lowest BCUT2D eigenvalue weighted by Crippen LogP contribution is -2.25. The molecule has 2 N–H and O–H groups in total. The quantitative estimate of drug-likeness (QED) is 0.356. The van der Waals surface area contributed by atoms with Crippen molar-refractivity contribution in [2.24, 2.45) is 0 Å². The zero-order valence-electron chi connectivity index (χ0n) is 16.6. The maximum atomic E-state index is 13.0. The van der Waals surface area contributed by atoms with Gasteiger partial charge in [-0.25, -0.2) is 0 Å². The van der Waals surface area contributed by atoms with E-state index < -0.39 is 11.8 Å². The molecule has 0 unspecified atom stereocenters. The predicted octanol–water partition coefficient (Wildman–Crippen LogP) is 3.76. The first-order valence-corrected chi connectivity index (χ1v) is 9.13. The number of anilines is 2. The Balaban J connectivity index is 1.93. The van der Waals surface area contributed by atoms with Crippen LogP contribution in [-0.4, -0.2) is 31.0 Å². The minimum atomic E-state index is -0.587. The molecule has 0 radical (unpaired) electrons. The number of benzene rings is 2. The molecule has 0 saturated heterocycles. The molecule has 30 heavy (non-hydrogen) atoms. The molecule has 0 fully saturated rings. The van der Waals surface area contributed by atoms with Gasteiger partial charge in [0.25, 0.3) is 11.8 Å². The number of aromatic nitrogens is 1. The van der Waals surface area contributed by atoms with E-state index in [1.54, 1.807) is 73.1 Å². The zero-order valence-corrected chi connectivity index (χ0v) is 16.6. The summed E-state index contributed by atoms with van der Waals surface area (Å²) in [6.07, 6.45) is 4.65. The molecule has 0 spiro atoms. The van der Waals surface area contributed by atoms with Crippen LogP contribution in [0.1, 0.15) is 5.56 Å². The molecule has 7 heteroatoms. The Kier molecular flexibility index (Phi) is 6.78. The third-order valence-electron chi connectivity index (χ3n) is 4.20. The summed E-state index contributed by atoms with van der Waals surface area (Å²) >= 11 is 0. The van der Waals surface area contributed by atoms with Gasteiger partial charge < -0.3 is 20.1 Å². The highest BCUT2D eigenvalue weighted by Crippen LogP contribution is 2.26. The minimum Gasteiger partial charge on any atom is -0.495 e. The van der Waals surface area contributed by atoms with Crippen LogP contribution in [0.3, 0.4) is 0 Å². The number of ether oxygens (including phenoxy) is 2. The van der Waals surface area contributed by atoms with Gasteiger partial charge in [-0.3, -0.25) is 14.6 Å². The fraction of sp³-hybridized carbons (Fsp3) is 0.0870. The van der Waals surface area contributed by atoms with Crippen LogP contribution in [0, 0.1) is 0 Å². The van der Waals surface area contributed by atoms with Gasteiger partial charge in [-0.2, -0.15) is 0 Å². The van der Waals surface area contributed by atoms with Crippen molar-refractivity contribution >= 4 is 29.3 Å². The molecule has 1 aromatic heterocycles. The van der Waals surface area contributed by atoms with Gasteiger partial charge in [-0.1, -0.05) is 30.3 Å². The van der Waals surface area contributed by atoms with Crippen molar-refractivity contribution in [2.75, 3.05) is 24.9 Å². The van der Waals surface area contributed by atoms with Crippen molar-refractivity contribution < 1.29 is 19.1 Å². The molecule has 2 amide bonds. The topological polar surface area (TPSA) is 89.5 Å². The lowest BCUT2D eigenvalue weighted by atomic mass is 10.1. The molecular weight excluding hydrogens is 382 g/mol. The Morgan fingerprint density at radius 3 is 1.80 bits per heavy atom. The second-order valence-electron chi connectivity index (χ2n) is 6.15. The van der Waals surface area contributed by atoms with E-state index in [0.717, 1.165) is 0 Å². The number of pyridine rings is 1. The highest BCUT2D eigenvalue weighted by molar-refractivity contribution is 6.29. The van der Waals surface area contributed by atoms with Crippen molar-refractivity contribution in [2.45, 2.75) is 0 Å². The molecule has 0 bridgehead atoms. The van der Waals surface area contributed by atoms with Gasteiger partial charge in [0.05, 0.1) is 25.6 Å². The fourth-order valence-electron chi connectivity index (χ4n) is 2.74. The number of rotatable bonds is 7. The van der Waals surface area contributed by atoms with Gasteiger partial charge in [0.15, 0.2) is 0 Å². The molecule has 152 valence electrons. The van der Waals surface area contributed by atoms with Crippen LogP contribution >= 0.6 is 0 Å². The summed E-state index contributed by atoms with van der Waals surface area (Å²) in [4.78, 5) is 30.1. The van der Waals surface area contributed by atoms with E-state index in [9.17, 15) is 9.59 Å². The first-order chi connectivity index (χ1) is 14.6. The maximum absolute atomic E-state index is 13.0. The summed E-state index contributed by atoms with van der Waals surface area (Å²) in [5, 5.41) is 5.46. The summed E-state index contributed by atoms with van der Waals surface area (Å²) < 4.78 is 10.5. The average molecular weight is 403 g/mol. The number of amides is 2. The number of para-hydroxylation sites is 4. The van der Waals surface area contributed by atoms with E-state index >= 15 is 0 Å². The van der Waals surface area contributed by atoms with Gasteiger partial charge in [0, 0.05) is 12.4 Å². The maximum Gasteiger partial charge on any atom is 0.261 e. The first kappa shape index (κ1) is 20.6. The number of nitrogens with one attached hydrogen (secondary N) is 2. The van der Waals surface area contributed by atoms with Crippen LogP contribution in [0.5, 0.6) is 11.5 Å². The summed E-state index contributed by atoms with van der Waals surface area (Å²) in [7, 11) is 3.01. The van der Waals surface area contributed by atoms with E-state index in [4.69, 9.17) is 9.47 Å². The smallest absolute Gasteiger partial charge is 0.261 e.